The van der Waals surface area contributed by atoms with E-state index in [9.17, 15) is 9.18 Å². The summed E-state index contributed by atoms with van der Waals surface area (Å²) in [6.07, 6.45) is 4.20. The van der Waals surface area contributed by atoms with E-state index < -0.39 is 0 Å². The quantitative estimate of drug-likeness (QED) is 0.559. The number of H-pyrrole nitrogens is 1. The van der Waals surface area contributed by atoms with E-state index >= 15 is 0 Å². The van der Waals surface area contributed by atoms with Crippen LogP contribution in [0.3, 0.4) is 0 Å². The second-order valence-electron chi connectivity index (χ2n) is 9.01. The molecule has 5 rings (SSSR count). The molecule has 0 bridgehead atoms. The third kappa shape index (κ3) is 4.99. The fraction of sp³-hybridized carbons (Fsp3) is 0.440. The van der Waals surface area contributed by atoms with Gasteiger partial charge in [0, 0.05) is 43.3 Å². The fourth-order valence-electron chi connectivity index (χ4n) is 4.89. The first kappa shape index (κ1) is 22.2. The Hall–Kier alpha value is -2.64. The highest BCUT2D eigenvalue weighted by Crippen LogP contribution is 2.33. The summed E-state index contributed by atoms with van der Waals surface area (Å²) in [4.78, 5) is 25.1. The molecule has 1 aromatic heterocycles. The van der Waals surface area contributed by atoms with E-state index in [0.717, 1.165) is 63.4 Å². The van der Waals surface area contributed by atoms with Gasteiger partial charge in [-0.25, -0.2) is 9.37 Å². The molecule has 2 fully saturated rings. The third-order valence-corrected chi connectivity index (χ3v) is 7.14. The summed E-state index contributed by atoms with van der Waals surface area (Å²) in [5.41, 5.74) is 3.17. The second kappa shape index (κ2) is 9.69. The molecule has 1 amide bonds. The summed E-state index contributed by atoms with van der Waals surface area (Å²) in [5, 5.41) is 3.72. The lowest BCUT2D eigenvalue weighted by atomic mass is 9.95. The van der Waals surface area contributed by atoms with E-state index in [2.05, 4.69) is 25.1 Å². The van der Waals surface area contributed by atoms with Gasteiger partial charge in [-0.1, -0.05) is 11.6 Å². The van der Waals surface area contributed by atoms with Crippen molar-refractivity contribution in [3.8, 4) is 11.4 Å². The van der Waals surface area contributed by atoms with E-state index in [1.54, 1.807) is 6.07 Å². The normalized spacial score (nSPS) is 17.7. The largest absolute Gasteiger partial charge is 0.371 e. The molecule has 2 saturated heterocycles. The highest BCUT2D eigenvalue weighted by Gasteiger charge is 2.25. The number of imidazole rings is 1. The molecule has 6 nitrogen and oxygen atoms in total. The predicted octanol–water partition coefficient (Wildman–Crippen LogP) is 4.45. The minimum atomic E-state index is -0.305. The van der Waals surface area contributed by atoms with Crippen LogP contribution in [0.15, 0.2) is 36.4 Å². The van der Waals surface area contributed by atoms with Gasteiger partial charge >= 0.3 is 0 Å². The molecule has 2 aromatic carbocycles. The van der Waals surface area contributed by atoms with Crippen LogP contribution in [0.4, 0.5) is 10.1 Å². The first-order chi connectivity index (χ1) is 16.1. The van der Waals surface area contributed by atoms with Crippen molar-refractivity contribution in [1.29, 1.82) is 0 Å². The van der Waals surface area contributed by atoms with E-state index in [1.165, 1.54) is 25.0 Å². The summed E-state index contributed by atoms with van der Waals surface area (Å²) < 4.78 is 13.6. The number of nitrogens with zero attached hydrogens (tertiary/aromatic N) is 3. The average Bonchev–Trinajstić information content (AvgIpc) is 3.49. The Kier molecular flexibility index (Phi) is 6.51. The second-order valence-corrected chi connectivity index (χ2v) is 9.42. The summed E-state index contributed by atoms with van der Waals surface area (Å²) in [6, 6.07) is 10.4. The van der Waals surface area contributed by atoms with E-state index in [-0.39, 0.29) is 17.6 Å². The monoisotopic (exact) mass is 469 g/mol. The zero-order valence-corrected chi connectivity index (χ0v) is 19.4. The molecular formula is C25H29ClFN5O. The van der Waals surface area contributed by atoms with Gasteiger partial charge in [0.15, 0.2) is 0 Å². The zero-order valence-electron chi connectivity index (χ0n) is 18.6. The van der Waals surface area contributed by atoms with Crippen LogP contribution in [0.2, 0.25) is 5.02 Å². The number of hydrogen-bond donors (Lipinski definition) is 2. The number of aromatic nitrogens is 2. The molecule has 0 spiro atoms. The molecular weight excluding hydrogens is 441 g/mol. The van der Waals surface area contributed by atoms with Crippen LogP contribution in [0.25, 0.3) is 22.4 Å². The van der Waals surface area contributed by atoms with E-state index in [0.29, 0.717) is 21.9 Å². The number of carbonyl (C=O) groups is 1. The number of carbonyl (C=O) groups excluding carboxylic acids is 1. The zero-order chi connectivity index (χ0) is 22.8. The van der Waals surface area contributed by atoms with Crippen LogP contribution in [0.1, 0.15) is 25.7 Å². The number of fused-ring (bicyclic) bond motifs is 1. The average molecular weight is 470 g/mol. The minimum absolute atomic E-state index is 0.0665. The Morgan fingerprint density at radius 2 is 1.91 bits per heavy atom. The molecule has 0 saturated carbocycles. The molecule has 2 aliphatic heterocycles. The smallest absolute Gasteiger partial charge is 0.223 e. The first-order valence-corrected chi connectivity index (χ1v) is 12.1. The Morgan fingerprint density at radius 1 is 1.12 bits per heavy atom. The van der Waals surface area contributed by atoms with Crippen molar-refractivity contribution in [2.24, 2.45) is 5.92 Å². The van der Waals surface area contributed by atoms with Gasteiger partial charge < -0.3 is 20.1 Å². The van der Waals surface area contributed by atoms with Crippen molar-refractivity contribution < 1.29 is 9.18 Å². The molecule has 0 aliphatic carbocycles. The summed E-state index contributed by atoms with van der Waals surface area (Å²) in [7, 11) is 0. The Morgan fingerprint density at radius 3 is 2.70 bits per heavy atom. The fourth-order valence-corrected chi connectivity index (χ4v) is 5.10. The maximum absolute atomic E-state index is 13.6. The van der Waals surface area contributed by atoms with Crippen LogP contribution in [-0.2, 0) is 4.79 Å². The molecule has 2 N–H and O–H groups in total. The number of halogens is 2. The highest BCUT2D eigenvalue weighted by atomic mass is 35.5. The van der Waals surface area contributed by atoms with E-state index in [1.807, 2.05) is 18.2 Å². The molecule has 0 atom stereocenters. The molecule has 3 heterocycles. The Balaban J connectivity index is 1.21. The first-order valence-electron chi connectivity index (χ1n) is 11.8. The van der Waals surface area contributed by atoms with E-state index in [4.69, 9.17) is 11.6 Å². The van der Waals surface area contributed by atoms with Crippen molar-refractivity contribution in [2.75, 3.05) is 44.2 Å². The number of likely N-dealkylation sites (tertiary alicyclic amines) is 1. The summed E-state index contributed by atoms with van der Waals surface area (Å²) in [6.45, 7) is 5.63. The summed E-state index contributed by atoms with van der Waals surface area (Å²) >= 11 is 6.48. The molecule has 174 valence electrons. The summed E-state index contributed by atoms with van der Waals surface area (Å²) in [5.74, 6) is 0.562. The number of anilines is 1. The molecule has 8 heteroatoms. The number of benzene rings is 2. The number of piperidine rings is 1. The molecule has 0 radical (unpaired) electrons. The number of hydrogen-bond acceptors (Lipinski definition) is 4. The number of nitrogens with one attached hydrogen (secondary N) is 2. The predicted molar refractivity (Wildman–Crippen MR) is 130 cm³/mol. The van der Waals surface area contributed by atoms with Crippen LogP contribution in [0, 0.1) is 11.7 Å². The molecule has 2 aliphatic rings. The number of rotatable bonds is 6. The van der Waals surface area contributed by atoms with Crippen molar-refractivity contribution >= 4 is 34.2 Å². The van der Waals surface area contributed by atoms with Crippen molar-refractivity contribution in [1.82, 2.24) is 20.2 Å². The van der Waals surface area contributed by atoms with Gasteiger partial charge in [0.05, 0.1) is 16.1 Å². The lowest BCUT2D eigenvalue weighted by Gasteiger charge is -2.33. The standard InChI is InChI=1S/C25H29ClFN5O/c26-21-5-4-19(16-20(21)24-29-22-6-3-18(27)15-23(22)30-24)32-12-7-17(8-13-32)25(33)28-9-14-31-10-1-2-11-31/h3-6,15-17H,1-2,7-14H2,(H,28,33)(H,29,30). The lowest BCUT2D eigenvalue weighted by molar-refractivity contribution is -0.125. The van der Waals surface area contributed by atoms with Gasteiger partial charge in [-0.15, -0.1) is 0 Å². The van der Waals surface area contributed by atoms with Gasteiger partial charge in [-0.3, -0.25) is 4.79 Å². The topological polar surface area (TPSA) is 64.3 Å². The molecule has 3 aromatic rings. The van der Waals surface area contributed by atoms with Crippen LogP contribution < -0.4 is 10.2 Å². The Labute approximate surface area is 198 Å². The maximum atomic E-state index is 13.6. The number of amides is 1. The molecule has 0 unspecified atom stereocenters. The molecule has 33 heavy (non-hydrogen) atoms. The van der Waals surface area contributed by atoms with Gasteiger partial charge in [-0.05, 0) is 75.2 Å². The third-order valence-electron chi connectivity index (χ3n) is 6.81. The van der Waals surface area contributed by atoms with Gasteiger partial charge in [0.2, 0.25) is 5.91 Å². The van der Waals surface area contributed by atoms with Crippen LogP contribution >= 0.6 is 11.6 Å². The van der Waals surface area contributed by atoms with Crippen LogP contribution in [-0.4, -0.2) is 60.0 Å². The van der Waals surface area contributed by atoms with Crippen molar-refractivity contribution in [3.63, 3.8) is 0 Å². The van der Waals surface area contributed by atoms with Crippen LogP contribution in [0.5, 0.6) is 0 Å². The minimum Gasteiger partial charge on any atom is -0.371 e. The maximum Gasteiger partial charge on any atom is 0.223 e. The Bertz CT molecular complexity index is 1140. The highest BCUT2D eigenvalue weighted by molar-refractivity contribution is 6.33. The van der Waals surface area contributed by atoms with Gasteiger partial charge in [0.1, 0.15) is 11.6 Å². The number of aromatic amines is 1. The van der Waals surface area contributed by atoms with Gasteiger partial charge in [-0.2, -0.15) is 0 Å². The lowest BCUT2D eigenvalue weighted by Crippen LogP contribution is -2.42. The van der Waals surface area contributed by atoms with Gasteiger partial charge in [0.25, 0.3) is 0 Å². The van der Waals surface area contributed by atoms with Crippen molar-refractivity contribution in [3.05, 3.63) is 47.2 Å². The SMILES string of the molecule is O=C(NCCN1CCCC1)C1CCN(c2ccc(Cl)c(-c3nc4ccc(F)cc4[nH]3)c2)CC1. The van der Waals surface area contributed by atoms with Crippen molar-refractivity contribution in [2.45, 2.75) is 25.7 Å².